The molecule has 0 atom stereocenters. The molecule has 0 radical (unpaired) electrons. The second-order valence-corrected chi connectivity index (χ2v) is 7.42. The fraction of sp³-hybridized carbons (Fsp3) is 0.304. The van der Waals surface area contributed by atoms with Crippen LogP contribution < -0.4 is 5.32 Å². The second-order valence-electron chi connectivity index (χ2n) is 7.42. The summed E-state index contributed by atoms with van der Waals surface area (Å²) in [7, 11) is 0. The van der Waals surface area contributed by atoms with Crippen LogP contribution in [0.4, 0.5) is 4.39 Å². The lowest BCUT2D eigenvalue weighted by atomic mass is 9.78. The van der Waals surface area contributed by atoms with Gasteiger partial charge in [-0.3, -0.25) is 4.79 Å². The number of nitrogens with one attached hydrogen (secondary N) is 1. The van der Waals surface area contributed by atoms with Gasteiger partial charge in [0.15, 0.2) is 0 Å². The van der Waals surface area contributed by atoms with E-state index in [2.05, 4.69) is 22.5 Å². The first-order chi connectivity index (χ1) is 13.7. The Bertz CT molecular complexity index is 911. The zero-order chi connectivity index (χ0) is 19.4. The van der Waals surface area contributed by atoms with Crippen molar-refractivity contribution in [2.75, 3.05) is 6.54 Å². The Morgan fingerprint density at radius 3 is 2.43 bits per heavy atom. The van der Waals surface area contributed by atoms with Crippen molar-refractivity contribution in [3.05, 3.63) is 83.9 Å². The summed E-state index contributed by atoms with van der Waals surface area (Å²) < 4.78 is 15.1. The van der Waals surface area contributed by atoms with E-state index in [4.69, 9.17) is 0 Å². The summed E-state index contributed by atoms with van der Waals surface area (Å²) in [6.45, 7) is 0.586. The fourth-order valence-electron chi connectivity index (χ4n) is 4.12. The highest BCUT2D eigenvalue weighted by Crippen LogP contribution is 2.41. The van der Waals surface area contributed by atoms with Gasteiger partial charge in [-0.2, -0.15) is 5.10 Å². The standard InChI is InChI=1S/C23H24FN3O/c24-20-8-6-19(7-9-20)23(13-1-2-14-23)22(28)25-16-12-18-4-10-21(11-5-18)27-17-3-15-26-27/h3-11,15,17H,1-2,12-14,16H2,(H,25,28). The van der Waals surface area contributed by atoms with E-state index in [9.17, 15) is 9.18 Å². The third-order valence-electron chi connectivity index (χ3n) is 5.69. The van der Waals surface area contributed by atoms with Gasteiger partial charge in [0.2, 0.25) is 5.91 Å². The average Bonchev–Trinajstić information content (AvgIpc) is 3.42. The van der Waals surface area contributed by atoms with Crippen molar-refractivity contribution in [3.8, 4) is 5.69 Å². The molecule has 0 bridgehead atoms. The minimum atomic E-state index is -0.516. The van der Waals surface area contributed by atoms with Gasteiger partial charge in [0.1, 0.15) is 5.82 Å². The van der Waals surface area contributed by atoms with Gasteiger partial charge in [0.25, 0.3) is 0 Å². The van der Waals surface area contributed by atoms with E-state index >= 15 is 0 Å². The number of halogens is 1. The molecule has 1 heterocycles. The van der Waals surface area contributed by atoms with Gasteiger partial charge in [0.05, 0.1) is 11.1 Å². The zero-order valence-electron chi connectivity index (χ0n) is 15.8. The predicted molar refractivity (Wildman–Crippen MR) is 107 cm³/mol. The molecular weight excluding hydrogens is 353 g/mol. The van der Waals surface area contributed by atoms with Gasteiger partial charge in [-0.25, -0.2) is 9.07 Å². The molecule has 1 fully saturated rings. The molecule has 1 N–H and O–H groups in total. The number of benzene rings is 2. The summed E-state index contributed by atoms with van der Waals surface area (Å²) in [6, 6.07) is 16.5. The fourth-order valence-corrected chi connectivity index (χ4v) is 4.12. The first kappa shape index (κ1) is 18.4. The molecule has 0 aliphatic heterocycles. The summed E-state index contributed by atoms with van der Waals surface area (Å²) in [5.41, 5.74) is 2.59. The maximum absolute atomic E-state index is 13.3. The first-order valence-corrected chi connectivity index (χ1v) is 9.81. The largest absolute Gasteiger partial charge is 0.355 e. The lowest BCUT2D eigenvalue weighted by Crippen LogP contribution is -2.43. The molecule has 1 saturated carbocycles. The molecule has 4 nitrogen and oxygen atoms in total. The minimum absolute atomic E-state index is 0.0600. The van der Waals surface area contributed by atoms with E-state index in [0.717, 1.165) is 43.4 Å². The third-order valence-corrected chi connectivity index (χ3v) is 5.69. The van der Waals surface area contributed by atoms with Crippen molar-refractivity contribution in [3.63, 3.8) is 0 Å². The second kappa shape index (κ2) is 7.97. The maximum atomic E-state index is 13.3. The summed E-state index contributed by atoms with van der Waals surface area (Å²) in [5, 5.41) is 7.34. The topological polar surface area (TPSA) is 46.9 Å². The lowest BCUT2D eigenvalue weighted by molar-refractivity contribution is -0.126. The summed E-state index contributed by atoms with van der Waals surface area (Å²) >= 11 is 0. The Kier molecular flexibility index (Phi) is 5.24. The third kappa shape index (κ3) is 3.70. The van der Waals surface area contributed by atoms with Crippen LogP contribution in [-0.2, 0) is 16.6 Å². The van der Waals surface area contributed by atoms with Crippen LogP contribution in [0.5, 0.6) is 0 Å². The quantitative estimate of drug-likeness (QED) is 0.700. The molecule has 144 valence electrons. The highest BCUT2D eigenvalue weighted by atomic mass is 19.1. The molecule has 0 spiro atoms. The number of hydrogen-bond acceptors (Lipinski definition) is 2. The van der Waals surface area contributed by atoms with E-state index in [1.807, 2.05) is 29.1 Å². The molecule has 3 aromatic rings. The van der Waals surface area contributed by atoms with Crippen molar-refractivity contribution in [1.29, 1.82) is 0 Å². The Morgan fingerprint density at radius 1 is 1.07 bits per heavy atom. The van der Waals surface area contributed by atoms with Gasteiger partial charge < -0.3 is 5.32 Å². The van der Waals surface area contributed by atoms with Crippen LogP contribution in [0.1, 0.15) is 36.8 Å². The molecule has 1 aliphatic carbocycles. The highest BCUT2D eigenvalue weighted by molar-refractivity contribution is 5.88. The van der Waals surface area contributed by atoms with Gasteiger partial charge in [-0.05, 0) is 60.7 Å². The van der Waals surface area contributed by atoms with Crippen molar-refractivity contribution in [1.82, 2.24) is 15.1 Å². The lowest BCUT2D eigenvalue weighted by Gasteiger charge is -2.28. The van der Waals surface area contributed by atoms with Crippen LogP contribution in [0.3, 0.4) is 0 Å². The smallest absolute Gasteiger partial charge is 0.230 e. The first-order valence-electron chi connectivity index (χ1n) is 9.81. The Balaban J connectivity index is 1.38. The molecule has 1 aliphatic rings. The molecule has 2 aromatic carbocycles. The number of amides is 1. The Labute approximate surface area is 164 Å². The molecule has 1 aromatic heterocycles. The SMILES string of the molecule is O=C(NCCc1ccc(-n2cccn2)cc1)C1(c2ccc(F)cc2)CCCC1. The van der Waals surface area contributed by atoms with E-state index in [0.29, 0.717) is 6.54 Å². The summed E-state index contributed by atoms with van der Waals surface area (Å²) in [5.74, 6) is -0.208. The number of rotatable bonds is 6. The molecule has 1 amide bonds. The van der Waals surface area contributed by atoms with Gasteiger partial charge in [-0.1, -0.05) is 37.1 Å². The summed E-state index contributed by atoms with van der Waals surface area (Å²) in [6.07, 6.45) is 8.13. The van der Waals surface area contributed by atoms with Crippen LogP contribution in [0.25, 0.3) is 5.69 Å². The van der Waals surface area contributed by atoms with Crippen LogP contribution in [-0.4, -0.2) is 22.2 Å². The molecule has 5 heteroatoms. The predicted octanol–water partition coefficient (Wildman–Crippen LogP) is 4.18. The number of carbonyl (C=O) groups excluding carboxylic acids is 1. The minimum Gasteiger partial charge on any atom is -0.355 e. The van der Waals surface area contributed by atoms with Crippen molar-refractivity contribution >= 4 is 5.91 Å². The number of carbonyl (C=O) groups is 1. The molecular formula is C23H24FN3O. The molecule has 28 heavy (non-hydrogen) atoms. The van der Waals surface area contributed by atoms with Crippen LogP contribution in [0.2, 0.25) is 0 Å². The Morgan fingerprint density at radius 2 is 1.79 bits per heavy atom. The van der Waals surface area contributed by atoms with E-state index < -0.39 is 5.41 Å². The normalized spacial score (nSPS) is 15.5. The molecule has 4 rings (SSSR count). The van der Waals surface area contributed by atoms with Gasteiger partial charge in [0, 0.05) is 18.9 Å². The van der Waals surface area contributed by atoms with E-state index in [-0.39, 0.29) is 11.7 Å². The van der Waals surface area contributed by atoms with Gasteiger partial charge >= 0.3 is 0 Å². The van der Waals surface area contributed by atoms with E-state index in [1.54, 1.807) is 18.3 Å². The maximum Gasteiger partial charge on any atom is 0.230 e. The van der Waals surface area contributed by atoms with Crippen LogP contribution in [0, 0.1) is 5.82 Å². The molecule has 0 saturated heterocycles. The molecule has 0 unspecified atom stereocenters. The van der Waals surface area contributed by atoms with Crippen molar-refractivity contribution in [2.24, 2.45) is 0 Å². The van der Waals surface area contributed by atoms with E-state index in [1.165, 1.54) is 17.7 Å². The van der Waals surface area contributed by atoms with Gasteiger partial charge in [-0.15, -0.1) is 0 Å². The average molecular weight is 377 g/mol. The number of hydrogen-bond donors (Lipinski definition) is 1. The van der Waals surface area contributed by atoms with Crippen LogP contribution >= 0.6 is 0 Å². The Hall–Kier alpha value is -2.95. The number of aromatic nitrogens is 2. The summed E-state index contributed by atoms with van der Waals surface area (Å²) in [4.78, 5) is 13.0. The zero-order valence-corrected chi connectivity index (χ0v) is 15.8. The van der Waals surface area contributed by atoms with Crippen LogP contribution in [0.15, 0.2) is 67.0 Å². The number of nitrogens with zero attached hydrogens (tertiary/aromatic N) is 2. The monoisotopic (exact) mass is 377 g/mol. The highest BCUT2D eigenvalue weighted by Gasteiger charge is 2.42. The van der Waals surface area contributed by atoms with Crippen molar-refractivity contribution in [2.45, 2.75) is 37.5 Å². The van der Waals surface area contributed by atoms with Crippen molar-refractivity contribution < 1.29 is 9.18 Å².